The van der Waals surface area contributed by atoms with Gasteiger partial charge in [0.05, 0.1) is 6.61 Å². The Morgan fingerprint density at radius 2 is 2.22 bits per heavy atom. The molecule has 0 aliphatic carbocycles. The lowest BCUT2D eigenvalue weighted by Gasteiger charge is -2.34. The predicted molar refractivity (Wildman–Crippen MR) is 87.9 cm³/mol. The predicted octanol–water partition coefficient (Wildman–Crippen LogP) is 2.15. The van der Waals surface area contributed by atoms with Crippen LogP contribution in [0.1, 0.15) is 17.5 Å². The molecule has 2 heterocycles. The first kappa shape index (κ1) is 16.0. The van der Waals surface area contributed by atoms with Crippen molar-refractivity contribution in [2.75, 3.05) is 31.7 Å². The summed E-state index contributed by atoms with van der Waals surface area (Å²) in [6, 6.07) is 9.11. The smallest absolute Gasteiger partial charge is 0.253 e. The first-order valence-corrected chi connectivity index (χ1v) is 7.74. The van der Waals surface area contributed by atoms with Crippen molar-refractivity contribution < 1.29 is 9.47 Å². The zero-order valence-corrected chi connectivity index (χ0v) is 13.5. The fraction of sp³-hybridized carbons (Fsp3) is 0.375. The van der Waals surface area contributed by atoms with Crippen molar-refractivity contribution in [1.82, 2.24) is 9.97 Å². The molecule has 122 valence electrons. The van der Waals surface area contributed by atoms with Gasteiger partial charge in [-0.1, -0.05) is 23.7 Å². The van der Waals surface area contributed by atoms with E-state index in [0.717, 1.165) is 5.56 Å². The number of benzene rings is 1. The van der Waals surface area contributed by atoms with Crippen LogP contribution in [0.3, 0.4) is 0 Å². The summed E-state index contributed by atoms with van der Waals surface area (Å²) in [5.41, 5.74) is 0.873. The number of H-pyrrole nitrogens is 1. The largest absolute Gasteiger partial charge is 0.377 e. The van der Waals surface area contributed by atoms with Gasteiger partial charge in [-0.15, -0.1) is 0 Å². The number of aromatic nitrogens is 2. The van der Waals surface area contributed by atoms with Gasteiger partial charge in [0.1, 0.15) is 24.4 Å². The molecule has 3 rings (SSSR count). The number of anilines is 1. The minimum absolute atomic E-state index is 0.0759. The maximum absolute atomic E-state index is 11.8. The van der Waals surface area contributed by atoms with Crippen molar-refractivity contribution >= 4 is 17.4 Å². The first-order valence-electron chi connectivity index (χ1n) is 7.37. The fourth-order valence-electron chi connectivity index (χ4n) is 2.60. The highest BCUT2D eigenvalue weighted by molar-refractivity contribution is 6.30. The van der Waals surface area contributed by atoms with Crippen LogP contribution >= 0.6 is 11.6 Å². The van der Waals surface area contributed by atoms with Gasteiger partial charge in [0.2, 0.25) is 0 Å². The van der Waals surface area contributed by atoms with Gasteiger partial charge in [-0.2, -0.15) is 0 Å². The van der Waals surface area contributed by atoms with Gasteiger partial charge in [0, 0.05) is 31.3 Å². The van der Waals surface area contributed by atoms with Crippen molar-refractivity contribution in [3.05, 3.63) is 57.1 Å². The maximum atomic E-state index is 11.8. The summed E-state index contributed by atoms with van der Waals surface area (Å²) in [4.78, 5) is 21.0. The van der Waals surface area contributed by atoms with Gasteiger partial charge in [-0.3, -0.25) is 4.79 Å². The minimum atomic E-state index is -0.184. The summed E-state index contributed by atoms with van der Waals surface area (Å²) >= 11 is 5.93. The third kappa shape index (κ3) is 3.90. The van der Waals surface area contributed by atoms with E-state index in [-0.39, 0.29) is 18.3 Å². The minimum Gasteiger partial charge on any atom is -0.377 e. The quantitative estimate of drug-likeness (QED) is 0.927. The molecule has 0 radical (unpaired) electrons. The summed E-state index contributed by atoms with van der Waals surface area (Å²) in [6.45, 7) is 2.16. The number of methoxy groups -OCH3 is 1. The van der Waals surface area contributed by atoms with Crippen LogP contribution in [-0.2, 0) is 16.1 Å². The molecule has 1 aromatic heterocycles. The first-order chi connectivity index (χ1) is 11.2. The van der Waals surface area contributed by atoms with Crippen LogP contribution in [0.2, 0.25) is 5.02 Å². The number of ether oxygens (including phenoxy) is 2. The Kier molecular flexibility index (Phi) is 4.95. The molecule has 1 aliphatic heterocycles. The van der Waals surface area contributed by atoms with Crippen LogP contribution in [0.4, 0.5) is 5.82 Å². The summed E-state index contributed by atoms with van der Waals surface area (Å²) < 4.78 is 10.9. The number of halogens is 1. The van der Waals surface area contributed by atoms with E-state index in [0.29, 0.717) is 36.4 Å². The molecule has 7 heteroatoms. The molecule has 23 heavy (non-hydrogen) atoms. The van der Waals surface area contributed by atoms with Gasteiger partial charge >= 0.3 is 0 Å². The van der Waals surface area contributed by atoms with E-state index < -0.39 is 0 Å². The third-order valence-electron chi connectivity index (χ3n) is 3.69. The molecule has 0 spiro atoms. The van der Waals surface area contributed by atoms with Crippen LogP contribution in [-0.4, -0.2) is 36.8 Å². The summed E-state index contributed by atoms with van der Waals surface area (Å²) in [6.07, 6.45) is -0.0759. The average molecular weight is 336 g/mol. The van der Waals surface area contributed by atoms with E-state index in [1.54, 1.807) is 7.11 Å². The van der Waals surface area contributed by atoms with Crippen LogP contribution in [0.15, 0.2) is 35.1 Å². The van der Waals surface area contributed by atoms with E-state index in [1.807, 2.05) is 24.3 Å². The second-order valence-corrected chi connectivity index (χ2v) is 5.78. The van der Waals surface area contributed by atoms with Crippen molar-refractivity contribution in [3.8, 4) is 0 Å². The molecule has 1 atom stereocenters. The number of aromatic amines is 1. The van der Waals surface area contributed by atoms with Gasteiger partial charge < -0.3 is 19.4 Å². The molecule has 0 bridgehead atoms. The van der Waals surface area contributed by atoms with Crippen molar-refractivity contribution in [2.45, 2.75) is 12.7 Å². The maximum Gasteiger partial charge on any atom is 0.253 e. The Morgan fingerprint density at radius 1 is 1.43 bits per heavy atom. The second-order valence-electron chi connectivity index (χ2n) is 5.34. The number of nitrogens with one attached hydrogen (secondary N) is 1. The molecule has 6 nitrogen and oxygen atoms in total. The average Bonchev–Trinajstić information content (AvgIpc) is 2.55. The second kappa shape index (κ2) is 7.12. The third-order valence-corrected chi connectivity index (χ3v) is 3.94. The van der Waals surface area contributed by atoms with E-state index in [9.17, 15) is 4.79 Å². The van der Waals surface area contributed by atoms with Gasteiger partial charge in [-0.05, 0) is 17.7 Å². The summed E-state index contributed by atoms with van der Waals surface area (Å²) in [5, 5.41) is 0.696. The molecule has 0 unspecified atom stereocenters. The van der Waals surface area contributed by atoms with Gasteiger partial charge in [-0.25, -0.2) is 4.98 Å². The topological polar surface area (TPSA) is 67.5 Å². The van der Waals surface area contributed by atoms with Gasteiger partial charge in [0.25, 0.3) is 5.56 Å². The zero-order chi connectivity index (χ0) is 16.2. The molecule has 1 aliphatic rings. The highest BCUT2D eigenvalue weighted by atomic mass is 35.5. The van der Waals surface area contributed by atoms with E-state index in [2.05, 4.69) is 14.9 Å². The Balaban J connectivity index is 1.80. The molecular weight excluding hydrogens is 318 g/mol. The van der Waals surface area contributed by atoms with Crippen LogP contribution < -0.4 is 10.5 Å². The fourth-order valence-corrected chi connectivity index (χ4v) is 2.72. The van der Waals surface area contributed by atoms with Crippen LogP contribution in [0.25, 0.3) is 0 Å². The molecule has 2 aromatic rings. The number of rotatable bonds is 4. The lowest BCUT2D eigenvalue weighted by atomic mass is 10.1. The molecule has 0 saturated carbocycles. The van der Waals surface area contributed by atoms with E-state index in [4.69, 9.17) is 21.1 Å². The molecule has 1 saturated heterocycles. The molecule has 1 aromatic carbocycles. The number of morpholine rings is 1. The van der Waals surface area contributed by atoms with Crippen LogP contribution in [0.5, 0.6) is 0 Å². The Labute approximate surface area is 139 Å². The molecule has 0 amide bonds. The van der Waals surface area contributed by atoms with E-state index in [1.165, 1.54) is 6.07 Å². The highest BCUT2D eigenvalue weighted by Crippen LogP contribution is 2.25. The zero-order valence-electron chi connectivity index (χ0n) is 12.8. The Bertz CT molecular complexity index is 717. The monoisotopic (exact) mass is 335 g/mol. The van der Waals surface area contributed by atoms with Crippen molar-refractivity contribution in [1.29, 1.82) is 0 Å². The number of hydrogen-bond donors (Lipinski definition) is 1. The molecular formula is C16H18ClN3O3. The summed E-state index contributed by atoms with van der Waals surface area (Å²) in [5.74, 6) is 1.16. The molecule has 1 fully saturated rings. The lowest BCUT2D eigenvalue weighted by Crippen LogP contribution is -2.39. The van der Waals surface area contributed by atoms with Crippen molar-refractivity contribution in [2.24, 2.45) is 0 Å². The van der Waals surface area contributed by atoms with Gasteiger partial charge in [0.15, 0.2) is 0 Å². The van der Waals surface area contributed by atoms with Crippen molar-refractivity contribution in [3.63, 3.8) is 0 Å². The SMILES string of the molecule is COCc1nc(N2CCO[C@H](c3ccc(Cl)cc3)C2)cc(=O)[nH]1. The molecule has 1 N–H and O–H groups in total. The Morgan fingerprint density at radius 3 is 2.96 bits per heavy atom. The van der Waals surface area contributed by atoms with Crippen LogP contribution in [0, 0.1) is 0 Å². The number of hydrogen-bond acceptors (Lipinski definition) is 5. The van der Waals surface area contributed by atoms with E-state index >= 15 is 0 Å². The highest BCUT2D eigenvalue weighted by Gasteiger charge is 2.23. The standard InChI is InChI=1S/C16H18ClN3O3/c1-22-10-14-18-15(8-16(21)19-14)20-6-7-23-13(9-20)11-2-4-12(17)5-3-11/h2-5,8,13H,6-7,9-10H2,1H3,(H,18,19,21)/t13-/m0/s1. The number of nitrogens with zero attached hydrogens (tertiary/aromatic N) is 2. The summed E-state index contributed by atoms with van der Waals surface area (Å²) in [7, 11) is 1.57. The Hall–Kier alpha value is -1.89. The lowest BCUT2D eigenvalue weighted by molar-refractivity contribution is 0.0394. The normalized spacial score (nSPS) is 18.2.